The number of nitrogens with zero attached hydrogens (tertiary/aromatic N) is 1. The average molecular weight is 621 g/mol. The normalized spacial score (nSPS) is 12.6. The van der Waals surface area contributed by atoms with E-state index < -0.39 is 55.0 Å². The summed E-state index contributed by atoms with van der Waals surface area (Å²) in [5.41, 5.74) is -1.16. The summed E-state index contributed by atoms with van der Waals surface area (Å²) in [5.74, 6) is -1.93. The van der Waals surface area contributed by atoms with E-state index in [1.165, 1.54) is 24.3 Å². The molecule has 0 fully saturated rings. The molecule has 0 saturated heterocycles. The van der Waals surface area contributed by atoms with Crippen LogP contribution >= 0.6 is 0 Å². The van der Waals surface area contributed by atoms with Crippen molar-refractivity contribution in [2.75, 3.05) is 33.1 Å². The van der Waals surface area contributed by atoms with Crippen molar-refractivity contribution in [3.05, 3.63) is 41.7 Å². The molecule has 0 saturated carbocycles. The Bertz CT molecular complexity index is 1220. The molecule has 244 valence electrons. The van der Waals surface area contributed by atoms with E-state index in [1.807, 2.05) is 6.92 Å². The number of carbonyl (C=O) groups is 4. The van der Waals surface area contributed by atoms with Crippen molar-refractivity contribution in [2.24, 2.45) is 5.92 Å². The van der Waals surface area contributed by atoms with Crippen molar-refractivity contribution in [1.29, 1.82) is 0 Å². The van der Waals surface area contributed by atoms with Crippen LogP contribution < -0.4 is 20.7 Å². The maximum Gasteiger partial charge on any atom is 0.288 e. The maximum atomic E-state index is 13.0. The van der Waals surface area contributed by atoms with Gasteiger partial charge >= 0.3 is 0 Å². The van der Waals surface area contributed by atoms with Gasteiger partial charge in [-0.25, -0.2) is 5.06 Å². The first-order valence-electron chi connectivity index (χ1n) is 14.6. The van der Waals surface area contributed by atoms with Crippen LogP contribution in [0, 0.1) is 5.92 Å². The van der Waals surface area contributed by atoms with Crippen LogP contribution in [0.1, 0.15) is 73.8 Å². The zero-order chi connectivity index (χ0) is 32.7. The van der Waals surface area contributed by atoms with Crippen LogP contribution in [0.2, 0.25) is 0 Å². The predicted octanol–water partition coefficient (Wildman–Crippen LogP) is 1.42. The van der Waals surface area contributed by atoms with E-state index in [1.54, 1.807) is 19.9 Å². The Kier molecular flexibility index (Phi) is 14.8. The van der Waals surface area contributed by atoms with E-state index >= 15 is 0 Å². The second kappa shape index (κ2) is 18.0. The van der Waals surface area contributed by atoms with Crippen molar-refractivity contribution >= 4 is 24.1 Å². The summed E-state index contributed by atoms with van der Waals surface area (Å²) in [7, 11) is 0. The minimum Gasteiger partial charge on any atom is -0.494 e. The third-order valence-corrected chi connectivity index (χ3v) is 7.18. The van der Waals surface area contributed by atoms with Gasteiger partial charge in [-0.1, -0.05) is 33.1 Å². The number of rotatable bonds is 20. The second-order valence-electron chi connectivity index (χ2n) is 10.3. The van der Waals surface area contributed by atoms with Crippen LogP contribution in [0.3, 0.4) is 0 Å². The lowest BCUT2D eigenvalue weighted by Crippen LogP contribution is -2.57. The minimum atomic E-state index is -1.64. The van der Waals surface area contributed by atoms with Gasteiger partial charge in [0.1, 0.15) is 17.0 Å². The minimum absolute atomic E-state index is 0.0738. The Hall–Kier alpha value is -3.98. The Morgan fingerprint density at radius 1 is 1.00 bits per heavy atom. The first-order valence-corrected chi connectivity index (χ1v) is 14.6. The fraction of sp³-hybridized carbons (Fsp3) is 0.533. The van der Waals surface area contributed by atoms with Crippen molar-refractivity contribution < 1.29 is 48.9 Å². The Morgan fingerprint density at radius 2 is 1.70 bits per heavy atom. The molecule has 1 aromatic carbocycles. The van der Waals surface area contributed by atoms with Crippen LogP contribution in [-0.4, -0.2) is 94.4 Å². The molecule has 0 bridgehead atoms. The SMILES string of the molecule is CCCCC[C@@H](C(=O)NCNC(=O)c1ccc(-c2cc(OCC)cc(C(=O)NC(CO)(CO)CO)c2)o1)[C@@H](CC)N(O)C=O. The Balaban J connectivity index is 2.16. The summed E-state index contributed by atoms with van der Waals surface area (Å²) < 4.78 is 11.3. The highest BCUT2D eigenvalue weighted by Crippen LogP contribution is 2.28. The summed E-state index contributed by atoms with van der Waals surface area (Å²) in [6, 6.07) is 6.74. The van der Waals surface area contributed by atoms with Gasteiger partial charge in [0, 0.05) is 11.1 Å². The van der Waals surface area contributed by atoms with Gasteiger partial charge in [-0.2, -0.15) is 0 Å². The quantitative estimate of drug-likeness (QED) is 0.0372. The molecular weight excluding hydrogens is 576 g/mol. The van der Waals surface area contributed by atoms with Gasteiger partial charge in [0.15, 0.2) is 5.76 Å². The van der Waals surface area contributed by atoms with Crippen molar-refractivity contribution in [1.82, 2.24) is 21.0 Å². The lowest BCUT2D eigenvalue weighted by Gasteiger charge is -2.29. The maximum absolute atomic E-state index is 13.0. The van der Waals surface area contributed by atoms with E-state index in [9.17, 15) is 39.7 Å². The zero-order valence-electron chi connectivity index (χ0n) is 25.4. The summed E-state index contributed by atoms with van der Waals surface area (Å²) in [6.07, 6.45) is 3.65. The number of amides is 4. The van der Waals surface area contributed by atoms with Gasteiger partial charge in [-0.15, -0.1) is 0 Å². The van der Waals surface area contributed by atoms with Gasteiger partial charge < -0.3 is 40.4 Å². The highest BCUT2D eigenvalue weighted by Gasteiger charge is 2.32. The largest absolute Gasteiger partial charge is 0.494 e. The van der Waals surface area contributed by atoms with Crippen molar-refractivity contribution in [3.8, 4) is 17.1 Å². The Morgan fingerprint density at radius 3 is 2.30 bits per heavy atom. The molecule has 0 radical (unpaired) electrons. The van der Waals surface area contributed by atoms with Crippen LogP contribution in [-0.2, 0) is 9.59 Å². The summed E-state index contributed by atoms with van der Waals surface area (Å²) in [6.45, 7) is 3.52. The van der Waals surface area contributed by atoms with Crippen LogP contribution in [0.15, 0.2) is 34.7 Å². The number of nitrogens with one attached hydrogen (secondary N) is 3. The molecule has 1 aromatic heterocycles. The number of aliphatic hydroxyl groups excluding tert-OH is 3. The fourth-order valence-electron chi connectivity index (χ4n) is 4.60. The summed E-state index contributed by atoms with van der Waals surface area (Å²) in [4.78, 5) is 49.8. The fourth-order valence-corrected chi connectivity index (χ4v) is 4.60. The number of aliphatic hydroxyl groups is 3. The molecule has 14 heteroatoms. The Labute approximate surface area is 256 Å². The molecule has 0 unspecified atom stereocenters. The molecule has 2 rings (SSSR count). The molecule has 44 heavy (non-hydrogen) atoms. The standard InChI is InChI=1S/C30H44N4O10/c1-4-7-8-9-23(24(5-2)34(42)19-38)28(40)31-18-32-29(41)26-11-10-25(44-26)20-12-21(14-22(13-20)43-6-3)27(39)33-30(15-35,16-36)17-37/h10-14,19,23-24,35-37,42H,4-9,15-18H2,1-3H3,(H,31,40)(H,32,41)(H,33,39)/t23-,24-/m1/s1. The zero-order valence-corrected chi connectivity index (χ0v) is 25.4. The van der Waals surface area contributed by atoms with Crippen LogP contribution in [0.25, 0.3) is 11.3 Å². The number of hydrogen-bond donors (Lipinski definition) is 7. The molecule has 0 aliphatic rings. The molecule has 0 aliphatic carbocycles. The van der Waals surface area contributed by atoms with Gasteiger partial charge in [0.25, 0.3) is 11.8 Å². The van der Waals surface area contributed by atoms with E-state index in [4.69, 9.17) is 9.15 Å². The molecule has 0 spiro atoms. The van der Waals surface area contributed by atoms with E-state index in [0.717, 1.165) is 19.3 Å². The molecule has 7 N–H and O–H groups in total. The number of ether oxygens (including phenoxy) is 1. The third kappa shape index (κ3) is 9.77. The number of furan rings is 1. The lowest BCUT2D eigenvalue weighted by molar-refractivity contribution is -0.168. The number of hydrogen-bond acceptors (Lipinski definition) is 10. The second-order valence-corrected chi connectivity index (χ2v) is 10.3. The van der Waals surface area contributed by atoms with Gasteiger partial charge in [0.2, 0.25) is 12.3 Å². The monoisotopic (exact) mass is 620 g/mol. The molecule has 4 amide bonds. The van der Waals surface area contributed by atoms with E-state index in [0.29, 0.717) is 35.8 Å². The first-order chi connectivity index (χ1) is 21.1. The van der Waals surface area contributed by atoms with Gasteiger partial charge in [-0.3, -0.25) is 24.4 Å². The first kappa shape index (κ1) is 36.2. The average Bonchev–Trinajstić information content (AvgIpc) is 3.54. The van der Waals surface area contributed by atoms with Crippen molar-refractivity contribution in [3.63, 3.8) is 0 Å². The molecule has 2 atom stereocenters. The van der Waals surface area contributed by atoms with E-state index in [2.05, 4.69) is 16.0 Å². The van der Waals surface area contributed by atoms with Crippen LogP contribution in [0.5, 0.6) is 5.75 Å². The number of unbranched alkanes of at least 4 members (excludes halogenated alkanes) is 2. The predicted molar refractivity (Wildman–Crippen MR) is 159 cm³/mol. The molecule has 2 aromatic rings. The molecule has 14 nitrogen and oxygen atoms in total. The highest BCUT2D eigenvalue weighted by molar-refractivity contribution is 5.97. The molecular formula is C30H44N4O10. The molecule has 0 aliphatic heterocycles. The lowest BCUT2D eigenvalue weighted by atomic mass is 9.90. The van der Waals surface area contributed by atoms with Crippen molar-refractivity contribution in [2.45, 2.75) is 64.5 Å². The molecule has 1 heterocycles. The third-order valence-electron chi connectivity index (χ3n) is 7.18. The van der Waals surface area contributed by atoms with Gasteiger partial charge in [-0.05, 0) is 50.1 Å². The van der Waals surface area contributed by atoms with Crippen LogP contribution in [0.4, 0.5) is 0 Å². The number of hydroxylamine groups is 2. The summed E-state index contributed by atoms with van der Waals surface area (Å²) in [5, 5.41) is 46.8. The highest BCUT2D eigenvalue weighted by atomic mass is 16.5. The smallest absolute Gasteiger partial charge is 0.288 e. The number of carbonyl (C=O) groups excluding carboxylic acids is 4. The number of benzene rings is 1. The topological polar surface area (TPSA) is 211 Å². The summed E-state index contributed by atoms with van der Waals surface area (Å²) >= 11 is 0. The van der Waals surface area contributed by atoms with Gasteiger partial charge in [0.05, 0.1) is 45.1 Å². The van der Waals surface area contributed by atoms with E-state index in [-0.39, 0.29) is 30.2 Å².